The van der Waals surface area contributed by atoms with Crippen LogP contribution in [0.4, 0.5) is 0 Å². The Labute approximate surface area is 77.7 Å². The molecule has 1 N–H and O–H groups in total. The van der Waals surface area contributed by atoms with E-state index in [1.54, 1.807) is 0 Å². The Hall–Kier alpha value is -1.34. The average molecular weight is 179 g/mol. The van der Waals surface area contributed by atoms with Crippen LogP contribution in [0, 0.1) is 18.8 Å². The fourth-order valence-electron chi connectivity index (χ4n) is 0.893. The van der Waals surface area contributed by atoms with Crippen LogP contribution in [0.25, 0.3) is 0 Å². The van der Waals surface area contributed by atoms with Crippen LogP contribution >= 0.6 is 0 Å². The largest absolute Gasteiger partial charge is 0.310 e. The van der Waals surface area contributed by atoms with Crippen LogP contribution in [0.5, 0.6) is 0 Å². The van der Waals surface area contributed by atoms with E-state index in [2.05, 4.69) is 32.1 Å². The molecule has 0 unspecified atom stereocenters. The normalized spacial score (nSPS) is 9.38. The third-order valence-electron chi connectivity index (χ3n) is 1.64. The first-order valence-corrected chi connectivity index (χ1v) is 4.23. The summed E-state index contributed by atoms with van der Waals surface area (Å²) in [6.07, 6.45) is 0.862. The Morgan fingerprint density at radius 1 is 1.46 bits per heavy atom. The number of hydrogen-bond acceptors (Lipinski definition) is 4. The molecule has 0 aliphatic rings. The predicted octanol–water partition coefficient (Wildman–Crippen LogP) is 0.881. The van der Waals surface area contributed by atoms with Gasteiger partial charge in [-0.3, -0.25) is 0 Å². The lowest BCUT2D eigenvalue weighted by Gasteiger charge is -1.97. The number of nitrogens with zero attached hydrogens (tertiary/aromatic N) is 2. The Bertz CT molecular complexity index is 308. The molecule has 4 heteroatoms. The lowest BCUT2D eigenvalue weighted by atomic mass is 10.3. The highest BCUT2D eigenvalue weighted by molar-refractivity contribution is 5.04. The Morgan fingerprint density at radius 3 is 2.92 bits per heavy atom. The smallest absolute Gasteiger partial charge is 0.121 e. The molecule has 0 fully saturated rings. The van der Waals surface area contributed by atoms with Gasteiger partial charge in [-0.05, 0) is 13.8 Å². The van der Waals surface area contributed by atoms with Gasteiger partial charge in [-0.25, -0.2) is 4.63 Å². The van der Waals surface area contributed by atoms with Crippen molar-refractivity contribution in [2.45, 2.75) is 26.8 Å². The number of aryl methyl sites for hydroxylation is 1. The number of hydrogen-bond donors (Lipinski definition) is 1. The molecule has 0 saturated carbocycles. The number of aromatic nitrogens is 2. The molecule has 0 spiro atoms. The highest BCUT2D eigenvalue weighted by Crippen LogP contribution is 1.98. The van der Waals surface area contributed by atoms with Gasteiger partial charge in [-0.15, -0.1) is 11.8 Å². The first-order chi connectivity index (χ1) is 6.34. The van der Waals surface area contributed by atoms with Crippen molar-refractivity contribution in [2.75, 3.05) is 6.54 Å². The van der Waals surface area contributed by atoms with E-state index in [0.29, 0.717) is 6.54 Å². The molecule has 0 radical (unpaired) electrons. The minimum Gasteiger partial charge on any atom is -0.310 e. The third-order valence-corrected chi connectivity index (χ3v) is 1.64. The highest BCUT2D eigenvalue weighted by atomic mass is 16.6. The van der Waals surface area contributed by atoms with Gasteiger partial charge in [0.15, 0.2) is 0 Å². The van der Waals surface area contributed by atoms with Crippen LogP contribution in [-0.4, -0.2) is 16.9 Å². The summed E-state index contributed by atoms with van der Waals surface area (Å²) in [5, 5.41) is 10.6. The molecular weight excluding hydrogens is 166 g/mol. The van der Waals surface area contributed by atoms with Crippen molar-refractivity contribution in [1.29, 1.82) is 0 Å². The van der Waals surface area contributed by atoms with Gasteiger partial charge in [0, 0.05) is 19.5 Å². The van der Waals surface area contributed by atoms with Gasteiger partial charge in [0.05, 0.1) is 0 Å². The van der Waals surface area contributed by atoms with Crippen molar-refractivity contribution in [3.63, 3.8) is 0 Å². The van der Waals surface area contributed by atoms with E-state index < -0.39 is 0 Å². The Balaban J connectivity index is 2.19. The predicted molar refractivity (Wildman–Crippen MR) is 48.8 cm³/mol. The van der Waals surface area contributed by atoms with Crippen molar-refractivity contribution in [3.05, 3.63) is 11.4 Å². The lowest BCUT2D eigenvalue weighted by Crippen LogP contribution is -2.15. The van der Waals surface area contributed by atoms with Crippen LogP contribution in [0.3, 0.4) is 0 Å². The fraction of sp³-hybridized carbons (Fsp3) is 0.556. The molecule has 13 heavy (non-hydrogen) atoms. The second-order valence-electron chi connectivity index (χ2n) is 2.65. The standard InChI is InChI=1S/C9H13N3O/c1-3-4-5-6-10-7-9-8(2)11-13-12-9/h10H,5-7H2,1-2H3. The van der Waals surface area contributed by atoms with Crippen LogP contribution in [-0.2, 0) is 6.54 Å². The molecule has 4 nitrogen and oxygen atoms in total. The summed E-state index contributed by atoms with van der Waals surface area (Å²) in [5.74, 6) is 5.81. The zero-order valence-corrected chi connectivity index (χ0v) is 7.92. The van der Waals surface area contributed by atoms with Gasteiger partial charge in [0.1, 0.15) is 11.4 Å². The summed E-state index contributed by atoms with van der Waals surface area (Å²) in [6, 6.07) is 0. The maximum absolute atomic E-state index is 4.56. The molecule has 1 rings (SSSR count). The number of nitrogens with one attached hydrogen (secondary N) is 1. The van der Waals surface area contributed by atoms with Gasteiger partial charge in [0.25, 0.3) is 0 Å². The summed E-state index contributed by atoms with van der Waals surface area (Å²) in [7, 11) is 0. The molecule has 1 heterocycles. The first kappa shape index (κ1) is 9.75. The average Bonchev–Trinajstić information content (AvgIpc) is 2.52. The maximum atomic E-state index is 4.56. The molecule has 0 saturated heterocycles. The molecule has 0 aliphatic carbocycles. The van der Waals surface area contributed by atoms with E-state index in [1.807, 2.05) is 13.8 Å². The van der Waals surface area contributed by atoms with Crippen LogP contribution in [0.1, 0.15) is 24.7 Å². The highest BCUT2D eigenvalue weighted by Gasteiger charge is 2.02. The van der Waals surface area contributed by atoms with Crippen LogP contribution in [0.15, 0.2) is 4.63 Å². The van der Waals surface area contributed by atoms with E-state index in [0.717, 1.165) is 24.4 Å². The summed E-state index contributed by atoms with van der Waals surface area (Å²) in [5.41, 5.74) is 1.71. The third kappa shape index (κ3) is 3.26. The summed E-state index contributed by atoms with van der Waals surface area (Å²) < 4.78 is 4.56. The second-order valence-corrected chi connectivity index (χ2v) is 2.65. The Morgan fingerprint density at radius 2 is 2.31 bits per heavy atom. The van der Waals surface area contributed by atoms with Gasteiger partial charge in [-0.1, -0.05) is 10.3 Å². The van der Waals surface area contributed by atoms with Gasteiger partial charge < -0.3 is 5.32 Å². The second kappa shape index (κ2) is 5.33. The van der Waals surface area contributed by atoms with Crippen LogP contribution in [0.2, 0.25) is 0 Å². The van der Waals surface area contributed by atoms with E-state index in [-0.39, 0.29) is 0 Å². The van der Waals surface area contributed by atoms with E-state index >= 15 is 0 Å². The summed E-state index contributed by atoms with van der Waals surface area (Å²) >= 11 is 0. The SMILES string of the molecule is CC#CCCNCc1nonc1C. The topological polar surface area (TPSA) is 51.0 Å². The quantitative estimate of drug-likeness (QED) is 0.550. The molecule has 0 amide bonds. The van der Waals surface area contributed by atoms with Crippen molar-refractivity contribution >= 4 is 0 Å². The molecule has 1 aromatic heterocycles. The maximum Gasteiger partial charge on any atom is 0.121 e. The minimum absolute atomic E-state index is 0.695. The fourth-order valence-corrected chi connectivity index (χ4v) is 0.893. The Kier molecular flexibility index (Phi) is 4.00. The molecule has 0 aromatic carbocycles. The zero-order chi connectivity index (χ0) is 9.52. The van der Waals surface area contributed by atoms with Crippen molar-refractivity contribution in [1.82, 2.24) is 15.6 Å². The van der Waals surface area contributed by atoms with Crippen molar-refractivity contribution < 1.29 is 4.63 Å². The molecule has 0 atom stereocenters. The van der Waals surface area contributed by atoms with E-state index in [9.17, 15) is 0 Å². The minimum atomic E-state index is 0.695. The summed E-state index contributed by atoms with van der Waals surface area (Å²) in [4.78, 5) is 0. The molecule has 0 aliphatic heterocycles. The van der Waals surface area contributed by atoms with Crippen molar-refractivity contribution in [2.24, 2.45) is 0 Å². The zero-order valence-electron chi connectivity index (χ0n) is 7.92. The van der Waals surface area contributed by atoms with Gasteiger partial charge >= 0.3 is 0 Å². The summed E-state index contributed by atoms with van der Waals surface area (Å²) in [6.45, 7) is 5.28. The monoisotopic (exact) mass is 179 g/mol. The molecule has 70 valence electrons. The van der Waals surface area contributed by atoms with Crippen LogP contribution < -0.4 is 5.32 Å². The van der Waals surface area contributed by atoms with E-state index in [1.165, 1.54) is 0 Å². The number of rotatable bonds is 4. The first-order valence-electron chi connectivity index (χ1n) is 4.23. The lowest BCUT2D eigenvalue weighted by molar-refractivity contribution is 0.300. The molecule has 0 bridgehead atoms. The van der Waals surface area contributed by atoms with Gasteiger partial charge in [0.2, 0.25) is 0 Å². The van der Waals surface area contributed by atoms with Gasteiger partial charge in [-0.2, -0.15) is 0 Å². The van der Waals surface area contributed by atoms with E-state index in [4.69, 9.17) is 0 Å². The molecule has 1 aromatic rings. The molecular formula is C9H13N3O. The van der Waals surface area contributed by atoms with Crippen molar-refractivity contribution in [3.8, 4) is 11.8 Å².